The van der Waals surface area contributed by atoms with Crippen LogP contribution < -0.4 is 5.32 Å². The molecular formula is C13H16N4O2. The number of carbonyl (C=O) groups excluding carboxylic acids is 1. The largest absolute Gasteiger partial charge is 0.389 e. The van der Waals surface area contributed by atoms with Gasteiger partial charge in [-0.25, -0.2) is 0 Å². The summed E-state index contributed by atoms with van der Waals surface area (Å²) in [6.07, 6.45) is 1.40. The third kappa shape index (κ3) is 3.62. The van der Waals surface area contributed by atoms with Crippen molar-refractivity contribution < 1.29 is 9.90 Å². The lowest BCUT2D eigenvalue weighted by Gasteiger charge is -2.16. The molecule has 6 heteroatoms. The molecule has 0 aliphatic heterocycles. The summed E-state index contributed by atoms with van der Waals surface area (Å²) in [4.78, 5) is 13.2. The van der Waals surface area contributed by atoms with E-state index in [4.69, 9.17) is 0 Å². The van der Waals surface area contributed by atoms with Crippen molar-refractivity contribution in [3.8, 4) is 5.69 Å². The minimum atomic E-state index is -0.953. The highest BCUT2D eigenvalue weighted by Gasteiger charge is 2.16. The first-order chi connectivity index (χ1) is 8.96. The number of benzene rings is 1. The van der Waals surface area contributed by atoms with E-state index in [9.17, 15) is 9.90 Å². The van der Waals surface area contributed by atoms with Crippen LogP contribution in [0.1, 0.15) is 24.3 Å². The summed E-state index contributed by atoms with van der Waals surface area (Å²) >= 11 is 0. The van der Waals surface area contributed by atoms with Gasteiger partial charge in [-0.2, -0.15) is 9.90 Å². The zero-order valence-electron chi connectivity index (χ0n) is 10.9. The number of amides is 1. The first-order valence-electron chi connectivity index (χ1n) is 5.94. The molecule has 0 bridgehead atoms. The van der Waals surface area contributed by atoms with Gasteiger partial charge in [-0.05, 0) is 26.0 Å². The fourth-order valence-corrected chi connectivity index (χ4v) is 1.44. The summed E-state index contributed by atoms with van der Waals surface area (Å²) in [5.41, 5.74) is 0.0441. The second-order valence-electron chi connectivity index (χ2n) is 4.85. The highest BCUT2D eigenvalue weighted by atomic mass is 16.3. The molecule has 2 rings (SSSR count). The highest BCUT2D eigenvalue weighted by Crippen LogP contribution is 2.04. The number of hydrogen-bond acceptors (Lipinski definition) is 4. The van der Waals surface area contributed by atoms with Crippen molar-refractivity contribution in [2.45, 2.75) is 19.4 Å². The summed E-state index contributed by atoms with van der Waals surface area (Å²) in [5.74, 6) is -0.357. The Hall–Kier alpha value is -2.21. The number of aliphatic hydroxyl groups is 1. The first-order valence-corrected chi connectivity index (χ1v) is 5.94. The SMILES string of the molecule is CC(C)(O)CNC(=O)c1cnn(-c2ccccc2)n1. The van der Waals surface area contributed by atoms with Gasteiger partial charge >= 0.3 is 0 Å². The average molecular weight is 260 g/mol. The van der Waals surface area contributed by atoms with Crippen molar-refractivity contribution in [3.05, 3.63) is 42.2 Å². The molecule has 0 unspecified atom stereocenters. The lowest BCUT2D eigenvalue weighted by molar-refractivity contribution is 0.0691. The molecule has 0 fully saturated rings. The van der Waals surface area contributed by atoms with Crippen LogP contribution in [0.4, 0.5) is 0 Å². The molecule has 19 heavy (non-hydrogen) atoms. The molecule has 0 atom stereocenters. The molecule has 1 aromatic heterocycles. The van der Waals surface area contributed by atoms with Gasteiger partial charge in [-0.3, -0.25) is 4.79 Å². The van der Waals surface area contributed by atoms with Crippen molar-refractivity contribution in [2.75, 3.05) is 6.54 Å². The van der Waals surface area contributed by atoms with Gasteiger partial charge in [0.15, 0.2) is 5.69 Å². The number of para-hydroxylation sites is 1. The fourth-order valence-electron chi connectivity index (χ4n) is 1.44. The van der Waals surface area contributed by atoms with Crippen LogP contribution in [0.25, 0.3) is 5.69 Å². The number of hydrogen-bond donors (Lipinski definition) is 2. The molecule has 6 nitrogen and oxygen atoms in total. The van der Waals surface area contributed by atoms with E-state index in [0.29, 0.717) is 0 Å². The van der Waals surface area contributed by atoms with Crippen molar-refractivity contribution >= 4 is 5.91 Å². The maximum absolute atomic E-state index is 11.8. The zero-order valence-corrected chi connectivity index (χ0v) is 10.9. The molecule has 0 saturated heterocycles. The smallest absolute Gasteiger partial charge is 0.273 e. The molecule has 0 spiro atoms. The minimum absolute atomic E-state index is 0.157. The predicted octanol–water partition coefficient (Wildman–Crippen LogP) is 0.768. The molecule has 1 aromatic carbocycles. The van der Waals surface area contributed by atoms with Gasteiger partial charge in [-0.1, -0.05) is 18.2 Å². The zero-order chi connectivity index (χ0) is 13.9. The maximum atomic E-state index is 11.8. The van der Waals surface area contributed by atoms with E-state index in [1.54, 1.807) is 13.8 Å². The summed E-state index contributed by atoms with van der Waals surface area (Å²) < 4.78 is 0. The molecule has 0 aliphatic carbocycles. The minimum Gasteiger partial charge on any atom is -0.389 e. The Bertz CT molecular complexity index is 558. The van der Waals surface area contributed by atoms with E-state index in [0.717, 1.165) is 5.69 Å². The first kappa shape index (κ1) is 13.2. The molecule has 100 valence electrons. The quantitative estimate of drug-likeness (QED) is 0.851. The van der Waals surface area contributed by atoms with Crippen LogP contribution in [0.15, 0.2) is 36.5 Å². The van der Waals surface area contributed by atoms with Crippen LogP contribution in [0, 0.1) is 0 Å². The Morgan fingerprint density at radius 3 is 2.68 bits per heavy atom. The van der Waals surface area contributed by atoms with Crippen LogP contribution >= 0.6 is 0 Å². The van der Waals surface area contributed by atoms with Gasteiger partial charge in [0, 0.05) is 6.54 Å². The summed E-state index contributed by atoms with van der Waals surface area (Å²) in [7, 11) is 0. The predicted molar refractivity (Wildman–Crippen MR) is 70.0 cm³/mol. The molecule has 1 heterocycles. The molecule has 2 N–H and O–H groups in total. The Kier molecular flexibility index (Phi) is 3.62. The lowest BCUT2D eigenvalue weighted by atomic mass is 10.1. The van der Waals surface area contributed by atoms with Crippen LogP contribution in [0.2, 0.25) is 0 Å². The number of nitrogens with one attached hydrogen (secondary N) is 1. The van der Waals surface area contributed by atoms with Crippen molar-refractivity contribution in [3.63, 3.8) is 0 Å². The Morgan fingerprint density at radius 1 is 1.37 bits per heavy atom. The van der Waals surface area contributed by atoms with Gasteiger partial charge in [-0.15, -0.1) is 5.10 Å². The average Bonchev–Trinajstić information content (AvgIpc) is 2.86. The molecular weight excluding hydrogens is 244 g/mol. The second-order valence-corrected chi connectivity index (χ2v) is 4.85. The molecule has 2 aromatic rings. The lowest BCUT2D eigenvalue weighted by Crippen LogP contribution is -2.38. The van der Waals surface area contributed by atoms with Crippen molar-refractivity contribution in [1.82, 2.24) is 20.3 Å². The topological polar surface area (TPSA) is 80.0 Å². The van der Waals surface area contributed by atoms with Crippen molar-refractivity contribution in [2.24, 2.45) is 0 Å². The van der Waals surface area contributed by atoms with E-state index in [1.165, 1.54) is 11.0 Å². The summed E-state index contributed by atoms with van der Waals surface area (Å²) in [6, 6.07) is 9.32. The van der Waals surface area contributed by atoms with Crippen LogP contribution in [-0.2, 0) is 0 Å². The monoisotopic (exact) mass is 260 g/mol. The highest BCUT2D eigenvalue weighted by molar-refractivity contribution is 5.91. The summed E-state index contributed by atoms with van der Waals surface area (Å²) in [5, 5.41) is 20.3. The van der Waals surface area contributed by atoms with Gasteiger partial charge < -0.3 is 10.4 Å². The van der Waals surface area contributed by atoms with E-state index in [2.05, 4.69) is 15.5 Å². The Morgan fingerprint density at radius 2 is 2.05 bits per heavy atom. The number of aromatic nitrogens is 3. The van der Waals surface area contributed by atoms with Crippen molar-refractivity contribution in [1.29, 1.82) is 0 Å². The number of nitrogens with zero attached hydrogens (tertiary/aromatic N) is 3. The van der Waals surface area contributed by atoms with Crippen LogP contribution in [-0.4, -0.2) is 38.2 Å². The Balaban J connectivity index is 2.07. The molecule has 0 radical (unpaired) electrons. The van der Waals surface area contributed by atoms with Crippen LogP contribution in [0.5, 0.6) is 0 Å². The molecule has 0 aliphatic rings. The van der Waals surface area contributed by atoms with Gasteiger partial charge in [0.05, 0.1) is 17.5 Å². The van der Waals surface area contributed by atoms with Gasteiger partial charge in [0.25, 0.3) is 5.91 Å². The van der Waals surface area contributed by atoms with E-state index >= 15 is 0 Å². The third-order valence-electron chi connectivity index (χ3n) is 2.39. The molecule has 0 saturated carbocycles. The van der Waals surface area contributed by atoms with Crippen LogP contribution in [0.3, 0.4) is 0 Å². The normalized spacial score (nSPS) is 11.3. The van der Waals surface area contributed by atoms with E-state index < -0.39 is 5.60 Å². The summed E-state index contributed by atoms with van der Waals surface area (Å²) in [6.45, 7) is 3.40. The third-order valence-corrected chi connectivity index (χ3v) is 2.39. The maximum Gasteiger partial charge on any atom is 0.273 e. The number of carbonyl (C=O) groups is 1. The fraction of sp³-hybridized carbons (Fsp3) is 0.308. The van der Waals surface area contributed by atoms with Gasteiger partial charge in [0.2, 0.25) is 0 Å². The Labute approximate surface area is 111 Å². The standard InChI is InChI=1S/C13H16N4O2/c1-13(2,19)9-14-12(18)11-8-15-17(16-11)10-6-4-3-5-7-10/h3-8,19H,9H2,1-2H3,(H,14,18). The van der Waals surface area contributed by atoms with E-state index in [1.807, 2.05) is 30.3 Å². The van der Waals surface area contributed by atoms with Gasteiger partial charge in [0.1, 0.15) is 0 Å². The number of rotatable bonds is 4. The second kappa shape index (κ2) is 5.19. The molecule has 1 amide bonds. The van der Waals surface area contributed by atoms with E-state index in [-0.39, 0.29) is 18.1 Å².